The Bertz CT molecular complexity index is 473. The lowest BCUT2D eigenvalue weighted by Gasteiger charge is -2.42. The van der Waals surface area contributed by atoms with Gasteiger partial charge in [-0.3, -0.25) is 0 Å². The third kappa shape index (κ3) is 2.27. The molecule has 1 aliphatic carbocycles. The Morgan fingerprint density at radius 2 is 1.79 bits per heavy atom. The predicted octanol–water partition coefficient (Wildman–Crippen LogP) is 4.01. The average molecular weight is 269 g/mol. The van der Waals surface area contributed by atoms with E-state index in [0.717, 1.165) is 43.4 Å². The second-order valence-corrected chi connectivity index (χ2v) is 5.81. The topological polar surface area (TPSA) is 12.0 Å². The van der Waals surface area contributed by atoms with Crippen molar-refractivity contribution in [2.24, 2.45) is 0 Å². The Labute approximate surface area is 111 Å². The standard InChI is InChI=1S/C15H18F3N/c16-15(17,18)12-5-4-11-9-19-10-14(13(11)8-12)6-2-1-3-7-14/h4-5,8,19H,1-3,6-7,9-10H2. The third-order valence-corrected chi connectivity index (χ3v) is 4.60. The van der Waals surface area contributed by atoms with Crippen LogP contribution in [0.5, 0.6) is 0 Å². The van der Waals surface area contributed by atoms with Crippen molar-refractivity contribution in [2.75, 3.05) is 6.54 Å². The summed E-state index contributed by atoms with van der Waals surface area (Å²) >= 11 is 0. The van der Waals surface area contributed by atoms with Crippen LogP contribution in [0, 0.1) is 0 Å². The zero-order valence-corrected chi connectivity index (χ0v) is 10.8. The molecule has 0 unspecified atom stereocenters. The summed E-state index contributed by atoms with van der Waals surface area (Å²) in [5.41, 5.74) is 1.42. The summed E-state index contributed by atoms with van der Waals surface area (Å²) in [7, 11) is 0. The molecule has 2 aliphatic rings. The molecule has 0 atom stereocenters. The zero-order valence-electron chi connectivity index (χ0n) is 10.8. The maximum absolute atomic E-state index is 12.9. The summed E-state index contributed by atoms with van der Waals surface area (Å²) < 4.78 is 38.7. The van der Waals surface area contributed by atoms with Crippen LogP contribution in [-0.4, -0.2) is 6.54 Å². The molecule has 0 radical (unpaired) electrons. The lowest BCUT2D eigenvalue weighted by atomic mass is 9.66. The summed E-state index contributed by atoms with van der Waals surface area (Å²) in [6.07, 6.45) is 1.23. The van der Waals surface area contributed by atoms with Gasteiger partial charge >= 0.3 is 6.18 Å². The van der Waals surface area contributed by atoms with Crippen LogP contribution >= 0.6 is 0 Å². The minimum Gasteiger partial charge on any atom is -0.312 e. The van der Waals surface area contributed by atoms with Crippen LogP contribution in [-0.2, 0) is 18.1 Å². The van der Waals surface area contributed by atoms with E-state index in [1.165, 1.54) is 18.6 Å². The molecule has 0 amide bonds. The van der Waals surface area contributed by atoms with Gasteiger partial charge in [-0.15, -0.1) is 0 Å². The first-order valence-electron chi connectivity index (χ1n) is 6.93. The number of rotatable bonds is 0. The Kier molecular flexibility index (Phi) is 3.08. The van der Waals surface area contributed by atoms with Crippen LogP contribution < -0.4 is 5.32 Å². The quantitative estimate of drug-likeness (QED) is 0.750. The molecule has 19 heavy (non-hydrogen) atoms. The highest BCUT2D eigenvalue weighted by Gasteiger charge is 2.39. The van der Waals surface area contributed by atoms with Crippen molar-refractivity contribution < 1.29 is 13.2 Å². The number of nitrogens with one attached hydrogen (secondary N) is 1. The lowest BCUT2D eigenvalue weighted by molar-refractivity contribution is -0.137. The number of fused-ring (bicyclic) bond motifs is 2. The van der Waals surface area contributed by atoms with Crippen LogP contribution in [0.15, 0.2) is 18.2 Å². The van der Waals surface area contributed by atoms with Crippen molar-refractivity contribution in [3.8, 4) is 0 Å². The summed E-state index contributed by atoms with van der Waals surface area (Å²) in [4.78, 5) is 0. The molecule has 1 spiro atoms. The molecule has 3 rings (SSSR count). The van der Waals surface area contributed by atoms with Gasteiger partial charge < -0.3 is 5.32 Å². The van der Waals surface area contributed by atoms with Gasteiger partial charge in [0.05, 0.1) is 5.56 Å². The van der Waals surface area contributed by atoms with Gasteiger partial charge in [0.1, 0.15) is 0 Å². The van der Waals surface area contributed by atoms with Crippen molar-refractivity contribution in [3.63, 3.8) is 0 Å². The SMILES string of the molecule is FC(F)(F)c1ccc2c(c1)C1(CCCCC1)CNC2. The number of benzene rings is 1. The van der Waals surface area contributed by atoms with Gasteiger partial charge in [0.15, 0.2) is 0 Å². The van der Waals surface area contributed by atoms with E-state index in [1.807, 2.05) is 0 Å². The molecule has 1 aromatic carbocycles. The van der Waals surface area contributed by atoms with Crippen LogP contribution in [0.25, 0.3) is 0 Å². The molecular weight excluding hydrogens is 251 g/mol. The second-order valence-electron chi connectivity index (χ2n) is 5.81. The highest BCUT2D eigenvalue weighted by Crippen LogP contribution is 2.44. The first kappa shape index (κ1) is 13.0. The van der Waals surface area contributed by atoms with Gasteiger partial charge in [0.25, 0.3) is 0 Å². The molecule has 0 saturated heterocycles. The van der Waals surface area contributed by atoms with Gasteiger partial charge in [-0.1, -0.05) is 25.3 Å². The Morgan fingerprint density at radius 1 is 1.05 bits per heavy atom. The minimum atomic E-state index is -4.24. The molecule has 1 heterocycles. The molecule has 1 nitrogen and oxygen atoms in total. The number of hydrogen-bond acceptors (Lipinski definition) is 1. The van der Waals surface area contributed by atoms with Crippen molar-refractivity contribution in [3.05, 3.63) is 34.9 Å². The number of alkyl halides is 3. The Hall–Kier alpha value is -1.03. The maximum Gasteiger partial charge on any atom is 0.416 e. The van der Waals surface area contributed by atoms with Crippen LogP contribution in [0.3, 0.4) is 0 Å². The first-order chi connectivity index (χ1) is 9.01. The summed E-state index contributed by atoms with van der Waals surface area (Å²) in [5, 5.41) is 3.38. The molecule has 1 N–H and O–H groups in total. The number of hydrogen-bond donors (Lipinski definition) is 1. The van der Waals surface area contributed by atoms with E-state index in [2.05, 4.69) is 5.32 Å². The van der Waals surface area contributed by atoms with Crippen molar-refractivity contribution >= 4 is 0 Å². The van der Waals surface area contributed by atoms with Crippen LogP contribution in [0.4, 0.5) is 13.2 Å². The van der Waals surface area contributed by atoms with E-state index >= 15 is 0 Å². The summed E-state index contributed by atoms with van der Waals surface area (Å²) in [6.45, 7) is 1.51. The molecule has 4 heteroatoms. The number of halogens is 3. The predicted molar refractivity (Wildman–Crippen MR) is 67.9 cm³/mol. The fraction of sp³-hybridized carbons (Fsp3) is 0.600. The maximum atomic E-state index is 12.9. The normalized spacial score (nSPS) is 22.3. The van der Waals surface area contributed by atoms with E-state index in [9.17, 15) is 13.2 Å². The monoisotopic (exact) mass is 269 g/mol. The van der Waals surface area contributed by atoms with Gasteiger partial charge in [-0.05, 0) is 36.1 Å². The minimum absolute atomic E-state index is 0.0624. The lowest BCUT2D eigenvalue weighted by Crippen LogP contribution is -2.44. The molecule has 0 bridgehead atoms. The second kappa shape index (κ2) is 4.51. The molecule has 1 saturated carbocycles. The third-order valence-electron chi connectivity index (χ3n) is 4.60. The van der Waals surface area contributed by atoms with Gasteiger partial charge in [0.2, 0.25) is 0 Å². The Morgan fingerprint density at radius 3 is 2.47 bits per heavy atom. The van der Waals surface area contributed by atoms with Gasteiger partial charge in [-0.2, -0.15) is 13.2 Å². The molecule has 104 valence electrons. The fourth-order valence-corrected chi connectivity index (χ4v) is 3.61. The van der Waals surface area contributed by atoms with Crippen molar-refractivity contribution in [1.82, 2.24) is 5.32 Å². The first-order valence-corrected chi connectivity index (χ1v) is 6.93. The van der Waals surface area contributed by atoms with E-state index < -0.39 is 11.7 Å². The summed E-state index contributed by atoms with van der Waals surface area (Å²) in [6, 6.07) is 4.27. The van der Waals surface area contributed by atoms with Crippen LogP contribution in [0.2, 0.25) is 0 Å². The van der Waals surface area contributed by atoms with Gasteiger partial charge in [-0.25, -0.2) is 0 Å². The van der Waals surface area contributed by atoms with Crippen molar-refractivity contribution in [1.29, 1.82) is 0 Å². The molecule has 1 aliphatic heterocycles. The summed E-state index contributed by atoms with van der Waals surface area (Å²) in [5.74, 6) is 0. The van der Waals surface area contributed by atoms with Crippen LogP contribution in [0.1, 0.15) is 48.8 Å². The molecular formula is C15H18F3N. The zero-order chi connectivity index (χ0) is 13.5. The fourth-order valence-electron chi connectivity index (χ4n) is 3.61. The highest BCUT2D eigenvalue weighted by atomic mass is 19.4. The molecule has 0 aromatic heterocycles. The van der Waals surface area contributed by atoms with E-state index in [4.69, 9.17) is 0 Å². The largest absolute Gasteiger partial charge is 0.416 e. The van der Waals surface area contributed by atoms with E-state index in [1.54, 1.807) is 6.07 Å². The van der Waals surface area contributed by atoms with E-state index in [0.29, 0.717) is 6.54 Å². The van der Waals surface area contributed by atoms with E-state index in [-0.39, 0.29) is 5.41 Å². The molecule has 1 aromatic rings. The smallest absolute Gasteiger partial charge is 0.312 e. The highest BCUT2D eigenvalue weighted by molar-refractivity contribution is 5.41. The average Bonchev–Trinajstić information content (AvgIpc) is 2.39. The Balaban J connectivity index is 2.06. The van der Waals surface area contributed by atoms with Gasteiger partial charge in [0, 0.05) is 18.5 Å². The molecule has 1 fully saturated rings. The van der Waals surface area contributed by atoms with Crippen molar-refractivity contribution in [2.45, 2.75) is 50.2 Å².